The Hall–Kier alpha value is -2.13. The van der Waals surface area contributed by atoms with Gasteiger partial charge in [-0.05, 0) is 44.0 Å². The van der Waals surface area contributed by atoms with Crippen LogP contribution in [0, 0.1) is 0 Å². The van der Waals surface area contributed by atoms with Gasteiger partial charge in [0.05, 0.1) is 5.92 Å². The molecule has 3 heteroatoms. The number of carbonyl (C=O) groups is 1. The highest BCUT2D eigenvalue weighted by Crippen LogP contribution is 2.24. The quantitative estimate of drug-likeness (QED) is 0.711. The van der Waals surface area contributed by atoms with Gasteiger partial charge in [0.25, 0.3) is 0 Å². The third-order valence-electron chi connectivity index (χ3n) is 5.51. The van der Waals surface area contributed by atoms with Gasteiger partial charge in [-0.1, -0.05) is 73.5 Å². The molecule has 1 fully saturated rings. The first-order valence-electron chi connectivity index (χ1n) is 10.3. The van der Waals surface area contributed by atoms with Gasteiger partial charge in [0, 0.05) is 19.6 Å². The zero-order chi connectivity index (χ0) is 18.9. The lowest BCUT2D eigenvalue weighted by Gasteiger charge is -2.28. The Morgan fingerprint density at radius 2 is 1.52 bits per heavy atom. The topological polar surface area (TPSA) is 23.6 Å². The zero-order valence-corrected chi connectivity index (χ0v) is 16.5. The standard InChI is InChI=1S/C24H32N2O/c1-25(20-21-12-6-4-7-13-21)19-16-23(22-14-8-5-9-15-22)24(27)26-17-10-2-3-11-18-26/h4-9,12-15,23H,2-3,10-11,16-20H2,1H3. The van der Waals surface area contributed by atoms with Gasteiger partial charge >= 0.3 is 0 Å². The van der Waals surface area contributed by atoms with Crippen molar-refractivity contribution in [1.82, 2.24) is 9.80 Å². The summed E-state index contributed by atoms with van der Waals surface area (Å²) in [6.45, 7) is 3.67. The van der Waals surface area contributed by atoms with Crippen LogP contribution in [-0.4, -0.2) is 42.4 Å². The molecule has 0 saturated carbocycles. The second-order valence-electron chi connectivity index (χ2n) is 7.71. The van der Waals surface area contributed by atoms with E-state index in [1.54, 1.807) is 0 Å². The van der Waals surface area contributed by atoms with E-state index in [-0.39, 0.29) is 5.92 Å². The van der Waals surface area contributed by atoms with E-state index >= 15 is 0 Å². The van der Waals surface area contributed by atoms with Gasteiger partial charge in [-0.15, -0.1) is 0 Å². The first-order chi connectivity index (χ1) is 13.2. The van der Waals surface area contributed by atoms with E-state index in [2.05, 4.69) is 59.3 Å². The lowest BCUT2D eigenvalue weighted by molar-refractivity contribution is -0.133. The molecule has 3 rings (SSSR count). The molecule has 2 aromatic rings. The summed E-state index contributed by atoms with van der Waals surface area (Å²) < 4.78 is 0. The molecule has 2 aromatic carbocycles. The molecule has 1 saturated heterocycles. The number of amides is 1. The first kappa shape index (κ1) is 19.6. The largest absolute Gasteiger partial charge is 0.342 e. The Morgan fingerprint density at radius 3 is 2.15 bits per heavy atom. The minimum atomic E-state index is -0.0393. The minimum Gasteiger partial charge on any atom is -0.342 e. The van der Waals surface area contributed by atoms with E-state index in [1.165, 1.54) is 18.4 Å². The van der Waals surface area contributed by atoms with Crippen molar-refractivity contribution in [3.05, 3.63) is 71.8 Å². The maximum Gasteiger partial charge on any atom is 0.230 e. The van der Waals surface area contributed by atoms with Gasteiger partial charge < -0.3 is 9.80 Å². The fourth-order valence-corrected chi connectivity index (χ4v) is 3.95. The predicted octanol–water partition coefficient (Wildman–Crippen LogP) is 4.69. The van der Waals surface area contributed by atoms with E-state index < -0.39 is 0 Å². The molecule has 1 unspecified atom stereocenters. The number of nitrogens with zero attached hydrogens (tertiary/aromatic N) is 2. The molecular formula is C24H32N2O. The molecule has 0 bridgehead atoms. The summed E-state index contributed by atoms with van der Waals surface area (Å²) >= 11 is 0. The van der Waals surface area contributed by atoms with E-state index in [0.717, 1.165) is 51.0 Å². The average Bonchev–Trinajstić information content (AvgIpc) is 2.99. The highest BCUT2D eigenvalue weighted by molar-refractivity contribution is 5.83. The Kier molecular flexibility index (Phi) is 7.46. The van der Waals surface area contributed by atoms with Crippen LogP contribution in [0.5, 0.6) is 0 Å². The third-order valence-corrected chi connectivity index (χ3v) is 5.51. The molecule has 1 amide bonds. The second-order valence-corrected chi connectivity index (χ2v) is 7.71. The number of likely N-dealkylation sites (tertiary alicyclic amines) is 1. The van der Waals surface area contributed by atoms with Crippen LogP contribution in [0.3, 0.4) is 0 Å². The van der Waals surface area contributed by atoms with Crippen molar-refractivity contribution < 1.29 is 4.79 Å². The second kappa shape index (κ2) is 10.3. The molecule has 0 spiro atoms. The molecule has 144 valence electrons. The normalized spacial score (nSPS) is 16.1. The van der Waals surface area contributed by atoms with Crippen LogP contribution in [0.4, 0.5) is 0 Å². The Balaban J connectivity index is 1.65. The Labute approximate surface area is 164 Å². The van der Waals surface area contributed by atoms with Crippen LogP contribution in [0.2, 0.25) is 0 Å². The van der Waals surface area contributed by atoms with Gasteiger partial charge in [-0.3, -0.25) is 4.79 Å². The molecule has 0 N–H and O–H groups in total. The third kappa shape index (κ3) is 5.93. The van der Waals surface area contributed by atoms with E-state index in [4.69, 9.17) is 0 Å². The van der Waals surface area contributed by atoms with Crippen LogP contribution in [-0.2, 0) is 11.3 Å². The van der Waals surface area contributed by atoms with Crippen LogP contribution >= 0.6 is 0 Å². The fourth-order valence-electron chi connectivity index (χ4n) is 3.95. The summed E-state index contributed by atoms with van der Waals surface area (Å²) in [6, 6.07) is 20.9. The fraction of sp³-hybridized carbons (Fsp3) is 0.458. The van der Waals surface area contributed by atoms with Gasteiger partial charge in [-0.25, -0.2) is 0 Å². The van der Waals surface area contributed by atoms with E-state index in [1.807, 2.05) is 18.2 Å². The molecule has 0 aliphatic carbocycles. The van der Waals surface area contributed by atoms with Crippen molar-refractivity contribution in [2.24, 2.45) is 0 Å². The Bertz CT molecular complexity index is 678. The number of hydrogen-bond acceptors (Lipinski definition) is 2. The van der Waals surface area contributed by atoms with Crippen molar-refractivity contribution in [1.29, 1.82) is 0 Å². The predicted molar refractivity (Wildman–Crippen MR) is 112 cm³/mol. The van der Waals surface area contributed by atoms with Crippen molar-refractivity contribution in [2.75, 3.05) is 26.7 Å². The number of benzene rings is 2. The van der Waals surface area contributed by atoms with Crippen molar-refractivity contribution in [3.8, 4) is 0 Å². The molecule has 1 aliphatic heterocycles. The number of hydrogen-bond donors (Lipinski definition) is 0. The molecule has 1 heterocycles. The summed E-state index contributed by atoms with van der Waals surface area (Å²) in [6.07, 6.45) is 5.64. The van der Waals surface area contributed by atoms with Gasteiger partial charge in [0.2, 0.25) is 5.91 Å². The van der Waals surface area contributed by atoms with Crippen LogP contribution in [0.25, 0.3) is 0 Å². The summed E-state index contributed by atoms with van der Waals surface area (Å²) in [5, 5.41) is 0. The smallest absolute Gasteiger partial charge is 0.230 e. The van der Waals surface area contributed by atoms with Crippen LogP contribution in [0.1, 0.15) is 49.1 Å². The van der Waals surface area contributed by atoms with Gasteiger partial charge in [0.1, 0.15) is 0 Å². The summed E-state index contributed by atoms with van der Waals surface area (Å²) in [7, 11) is 2.14. The highest BCUT2D eigenvalue weighted by atomic mass is 16.2. The molecule has 1 atom stereocenters. The lowest BCUT2D eigenvalue weighted by Crippen LogP contribution is -2.37. The minimum absolute atomic E-state index is 0.0393. The van der Waals surface area contributed by atoms with Gasteiger partial charge in [-0.2, -0.15) is 0 Å². The molecular weight excluding hydrogens is 332 g/mol. The average molecular weight is 365 g/mol. The van der Waals surface area contributed by atoms with Crippen LogP contribution in [0.15, 0.2) is 60.7 Å². The maximum atomic E-state index is 13.3. The monoisotopic (exact) mass is 364 g/mol. The van der Waals surface area contributed by atoms with Crippen molar-refractivity contribution in [3.63, 3.8) is 0 Å². The van der Waals surface area contributed by atoms with Crippen molar-refractivity contribution in [2.45, 2.75) is 44.6 Å². The zero-order valence-electron chi connectivity index (χ0n) is 16.5. The molecule has 3 nitrogen and oxygen atoms in total. The van der Waals surface area contributed by atoms with Gasteiger partial charge in [0.15, 0.2) is 0 Å². The molecule has 0 aromatic heterocycles. The number of carbonyl (C=O) groups excluding carboxylic acids is 1. The summed E-state index contributed by atoms with van der Waals surface area (Å²) in [5.74, 6) is 0.277. The van der Waals surface area contributed by atoms with Crippen molar-refractivity contribution >= 4 is 5.91 Å². The Morgan fingerprint density at radius 1 is 0.926 bits per heavy atom. The first-order valence-corrected chi connectivity index (χ1v) is 10.3. The van der Waals surface area contributed by atoms with Crippen LogP contribution < -0.4 is 0 Å². The molecule has 1 aliphatic rings. The maximum absolute atomic E-state index is 13.3. The van der Waals surface area contributed by atoms with E-state index in [0.29, 0.717) is 5.91 Å². The summed E-state index contributed by atoms with van der Waals surface area (Å²) in [4.78, 5) is 17.8. The number of rotatable bonds is 7. The highest BCUT2D eigenvalue weighted by Gasteiger charge is 2.26. The molecule has 27 heavy (non-hydrogen) atoms. The lowest BCUT2D eigenvalue weighted by atomic mass is 9.93. The summed E-state index contributed by atoms with van der Waals surface area (Å²) in [5.41, 5.74) is 2.47. The molecule has 0 radical (unpaired) electrons. The SMILES string of the molecule is CN(CCC(C(=O)N1CCCCCC1)c1ccccc1)Cc1ccccc1. The van der Waals surface area contributed by atoms with E-state index in [9.17, 15) is 4.79 Å².